The number of nitrogens with zero attached hydrogens (tertiary/aromatic N) is 5. The summed E-state index contributed by atoms with van der Waals surface area (Å²) in [6.07, 6.45) is 6.57. The van der Waals surface area contributed by atoms with E-state index in [9.17, 15) is 19.5 Å². The number of ether oxygens (including phenoxy) is 2. The monoisotopic (exact) mass is 579 g/mol. The lowest BCUT2D eigenvalue weighted by Gasteiger charge is -2.37. The van der Waals surface area contributed by atoms with Crippen molar-refractivity contribution in [3.05, 3.63) is 49.6 Å². The molecule has 11 nitrogen and oxygen atoms in total. The number of aromatic nitrogens is 3. The molecule has 2 aromatic rings. The molecule has 1 aromatic heterocycles. The summed E-state index contributed by atoms with van der Waals surface area (Å²) in [5.74, 6) is -2.89. The highest BCUT2D eigenvalue weighted by molar-refractivity contribution is 5.98. The molecule has 3 unspecified atom stereocenters. The molecule has 42 heavy (non-hydrogen) atoms. The summed E-state index contributed by atoms with van der Waals surface area (Å²) in [6.45, 7) is 12.0. The van der Waals surface area contributed by atoms with Crippen molar-refractivity contribution >= 4 is 28.8 Å². The molecule has 11 heteroatoms. The van der Waals surface area contributed by atoms with Crippen LogP contribution in [0.3, 0.4) is 0 Å². The molecule has 4 heterocycles. The Labute approximate surface area is 246 Å². The second-order valence-corrected chi connectivity index (χ2v) is 11.8. The molecule has 226 valence electrons. The molecule has 2 bridgehead atoms. The summed E-state index contributed by atoms with van der Waals surface area (Å²) in [5.41, 5.74) is -0.683. The van der Waals surface area contributed by atoms with E-state index < -0.39 is 35.0 Å². The first-order valence-electron chi connectivity index (χ1n) is 14.8. The number of carbonyl (C=O) groups is 3. The van der Waals surface area contributed by atoms with E-state index in [0.717, 1.165) is 18.4 Å². The summed E-state index contributed by atoms with van der Waals surface area (Å²) in [6, 6.07) is 6.50. The molecule has 3 fully saturated rings. The minimum Gasteiger partial charge on any atom is -0.465 e. The maximum absolute atomic E-state index is 14.6. The van der Waals surface area contributed by atoms with Crippen molar-refractivity contribution in [1.82, 2.24) is 24.8 Å². The third-order valence-corrected chi connectivity index (χ3v) is 9.29. The van der Waals surface area contributed by atoms with Crippen molar-refractivity contribution in [2.75, 3.05) is 26.3 Å². The second kappa shape index (κ2) is 12.0. The van der Waals surface area contributed by atoms with Gasteiger partial charge in [0.1, 0.15) is 29.7 Å². The fourth-order valence-corrected chi connectivity index (χ4v) is 7.24. The molecule has 2 amide bonds. The number of hydrogen-bond acceptors (Lipinski definition) is 8. The van der Waals surface area contributed by atoms with Gasteiger partial charge in [0.2, 0.25) is 11.8 Å². The van der Waals surface area contributed by atoms with E-state index >= 15 is 0 Å². The van der Waals surface area contributed by atoms with Gasteiger partial charge in [-0.3, -0.25) is 14.4 Å². The molecule has 6 atom stereocenters. The number of para-hydroxylation sites is 1. The van der Waals surface area contributed by atoms with Gasteiger partial charge >= 0.3 is 5.97 Å². The van der Waals surface area contributed by atoms with Crippen LogP contribution in [0.2, 0.25) is 0 Å². The van der Waals surface area contributed by atoms with Crippen LogP contribution in [-0.4, -0.2) is 91.2 Å². The second-order valence-electron chi connectivity index (χ2n) is 11.8. The number of amides is 2. The highest BCUT2D eigenvalue weighted by Gasteiger charge is 2.80. The Morgan fingerprint density at radius 2 is 2.02 bits per heavy atom. The molecule has 0 aliphatic carbocycles. The van der Waals surface area contributed by atoms with Crippen molar-refractivity contribution in [1.29, 1.82) is 0 Å². The van der Waals surface area contributed by atoms with Crippen LogP contribution >= 0.6 is 0 Å². The van der Waals surface area contributed by atoms with Gasteiger partial charge < -0.3 is 24.4 Å². The lowest BCUT2D eigenvalue weighted by Crippen LogP contribution is -2.57. The van der Waals surface area contributed by atoms with Gasteiger partial charge in [-0.25, -0.2) is 4.68 Å². The maximum atomic E-state index is 14.6. The topological polar surface area (TPSA) is 127 Å². The van der Waals surface area contributed by atoms with Gasteiger partial charge in [-0.15, -0.1) is 18.3 Å². The lowest BCUT2D eigenvalue weighted by atomic mass is 9.62. The van der Waals surface area contributed by atoms with Crippen LogP contribution in [-0.2, 0) is 30.5 Å². The summed E-state index contributed by atoms with van der Waals surface area (Å²) in [4.78, 5) is 45.4. The smallest absolute Gasteiger partial charge is 0.312 e. The Bertz CT molecular complexity index is 1360. The number of aliphatic hydroxyl groups is 1. The predicted molar refractivity (Wildman–Crippen MR) is 155 cm³/mol. The van der Waals surface area contributed by atoms with Crippen molar-refractivity contribution in [2.24, 2.45) is 17.8 Å². The Hall–Kier alpha value is -3.57. The average Bonchev–Trinajstić information content (AvgIpc) is 3.64. The summed E-state index contributed by atoms with van der Waals surface area (Å²) in [7, 11) is 0. The predicted octanol–water partition coefficient (Wildman–Crippen LogP) is 2.70. The van der Waals surface area contributed by atoms with E-state index in [-0.39, 0.29) is 50.7 Å². The SMILES string of the molecule is C=CCCCCOC(=O)[C@@H]1[C@H]2C(=O)N(CCCO)C(C(=O)N(CC=C)Cn3nnc4ccccc43)C23CC(C)[C@@]1(C)O3. The molecule has 1 aromatic carbocycles. The number of likely N-dealkylation sites (tertiary alicyclic amines) is 1. The van der Waals surface area contributed by atoms with Gasteiger partial charge in [0.05, 0.1) is 23.6 Å². The molecule has 0 saturated carbocycles. The molecule has 1 spiro atoms. The Kier molecular flexibility index (Phi) is 8.52. The van der Waals surface area contributed by atoms with Crippen LogP contribution in [0.4, 0.5) is 0 Å². The largest absolute Gasteiger partial charge is 0.465 e. The molecular formula is C31H41N5O6. The molecule has 3 aliphatic rings. The van der Waals surface area contributed by atoms with Crippen molar-refractivity contribution in [3.8, 4) is 0 Å². The number of allylic oxidation sites excluding steroid dienone is 1. The molecule has 0 radical (unpaired) electrons. The Balaban J connectivity index is 1.48. The number of aliphatic hydroxyl groups excluding tert-OH is 1. The maximum Gasteiger partial charge on any atom is 0.312 e. The Morgan fingerprint density at radius 3 is 2.76 bits per heavy atom. The zero-order valence-electron chi connectivity index (χ0n) is 24.5. The van der Waals surface area contributed by atoms with E-state index in [1.54, 1.807) is 15.7 Å². The van der Waals surface area contributed by atoms with Crippen LogP contribution in [0, 0.1) is 17.8 Å². The van der Waals surface area contributed by atoms with Gasteiger partial charge in [-0.05, 0) is 57.1 Å². The van der Waals surface area contributed by atoms with Crippen LogP contribution in [0.15, 0.2) is 49.6 Å². The van der Waals surface area contributed by atoms with Crippen LogP contribution < -0.4 is 0 Å². The highest BCUT2D eigenvalue weighted by Crippen LogP contribution is 2.65. The highest BCUT2D eigenvalue weighted by atomic mass is 16.6. The molecular weight excluding hydrogens is 538 g/mol. The number of hydrogen-bond donors (Lipinski definition) is 1. The number of esters is 1. The van der Waals surface area contributed by atoms with E-state index in [2.05, 4.69) is 23.5 Å². The van der Waals surface area contributed by atoms with Crippen molar-refractivity contribution < 1.29 is 29.0 Å². The number of benzene rings is 1. The van der Waals surface area contributed by atoms with E-state index in [4.69, 9.17) is 9.47 Å². The normalized spacial score (nSPS) is 29.6. The third-order valence-electron chi connectivity index (χ3n) is 9.29. The zero-order chi connectivity index (χ0) is 30.1. The molecule has 5 rings (SSSR count). The standard InChI is InChI=1S/C31H41N5O6/c1-5-7-8-11-18-41-29(40)25-24-27(38)35(16-12-17-37)26(31(24)19-21(3)30(25,4)42-31)28(39)34(15-6-2)20-36-23-14-10-9-13-22(23)32-33-36/h5-6,9-10,13-14,21,24-26,37H,1-2,7-8,11-12,15-20H2,3-4H3/t21?,24-,25-,26?,30+,31?/m0/s1. The van der Waals surface area contributed by atoms with Gasteiger partial charge in [0.15, 0.2) is 0 Å². The molecule has 3 saturated heterocycles. The zero-order valence-corrected chi connectivity index (χ0v) is 24.5. The van der Waals surface area contributed by atoms with Crippen LogP contribution in [0.1, 0.15) is 46.0 Å². The number of rotatable bonds is 14. The first kappa shape index (κ1) is 29.9. The van der Waals surface area contributed by atoms with E-state index in [0.29, 0.717) is 24.8 Å². The quantitative estimate of drug-likeness (QED) is 0.206. The number of carbonyl (C=O) groups excluding carboxylic acids is 3. The lowest BCUT2D eigenvalue weighted by molar-refractivity contribution is -0.162. The van der Waals surface area contributed by atoms with Crippen LogP contribution in [0.25, 0.3) is 11.0 Å². The summed E-state index contributed by atoms with van der Waals surface area (Å²) < 4.78 is 14.1. The van der Waals surface area contributed by atoms with E-state index in [1.165, 1.54) is 4.90 Å². The summed E-state index contributed by atoms with van der Waals surface area (Å²) in [5, 5.41) is 18.1. The first-order valence-corrected chi connectivity index (χ1v) is 14.8. The molecule has 3 aliphatic heterocycles. The van der Waals surface area contributed by atoms with Gasteiger partial charge in [0.25, 0.3) is 0 Å². The minimum absolute atomic E-state index is 0.0909. The van der Waals surface area contributed by atoms with Crippen molar-refractivity contribution in [3.63, 3.8) is 0 Å². The number of unbranched alkanes of at least 4 members (excludes halogenated alkanes) is 2. The molecule has 1 N–H and O–H groups in total. The first-order chi connectivity index (χ1) is 20.2. The van der Waals surface area contributed by atoms with E-state index in [1.807, 2.05) is 44.2 Å². The number of fused-ring (bicyclic) bond motifs is 2. The van der Waals surface area contributed by atoms with Crippen LogP contribution in [0.5, 0.6) is 0 Å². The average molecular weight is 580 g/mol. The summed E-state index contributed by atoms with van der Waals surface area (Å²) >= 11 is 0. The van der Waals surface area contributed by atoms with Gasteiger partial charge in [-0.2, -0.15) is 0 Å². The van der Waals surface area contributed by atoms with Gasteiger partial charge in [0, 0.05) is 19.7 Å². The minimum atomic E-state index is -1.20. The third kappa shape index (κ3) is 4.82. The Morgan fingerprint density at radius 1 is 1.24 bits per heavy atom. The fraction of sp³-hybridized carbons (Fsp3) is 0.581. The fourth-order valence-electron chi connectivity index (χ4n) is 7.24. The van der Waals surface area contributed by atoms with Crippen molar-refractivity contribution in [2.45, 2.75) is 69.9 Å². The van der Waals surface area contributed by atoms with Gasteiger partial charge in [-0.1, -0.05) is 36.4 Å².